The molecule has 17 heavy (non-hydrogen) atoms. The highest BCUT2D eigenvalue weighted by molar-refractivity contribution is 5.77. The first-order valence-corrected chi connectivity index (χ1v) is 5.79. The molecule has 0 spiro atoms. The molecule has 1 N–H and O–H groups in total. The van der Waals surface area contributed by atoms with Crippen molar-refractivity contribution < 1.29 is 9.90 Å². The van der Waals surface area contributed by atoms with Gasteiger partial charge in [0.1, 0.15) is 6.04 Å². The number of likely N-dealkylation sites (N-methyl/N-ethyl adjacent to an activating group) is 1. The second-order valence-electron chi connectivity index (χ2n) is 5.42. The summed E-state index contributed by atoms with van der Waals surface area (Å²) < 4.78 is 0. The van der Waals surface area contributed by atoms with Gasteiger partial charge in [-0.05, 0) is 30.0 Å². The predicted molar refractivity (Wildman–Crippen MR) is 70.6 cm³/mol. The molecule has 0 radical (unpaired) electrons. The summed E-state index contributed by atoms with van der Waals surface area (Å²) in [7, 11) is 1.80. The first-order chi connectivity index (χ1) is 7.73. The highest BCUT2D eigenvalue weighted by atomic mass is 16.4. The van der Waals surface area contributed by atoms with E-state index in [1.807, 2.05) is 12.1 Å². The first-order valence-electron chi connectivity index (χ1n) is 5.79. The Morgan fingerprint density at radius 3 is 2.06 bits per heavy atom. The van der Waals surface area contributed by atoms with Gasteiger partial charge in [-0.1, -0.05) is 32.9 Å². The zero-order chi connectivity index (χ0) is 13.2. The third kappa shape index (κ3) is 3.22. The summed E-state index contributed by atoms with van der Waals surface area (Å²) in [5, 5.41) is 8.96. The van der Waals surface area contributed by atoms with Gasteiger partial charge in [0.25, 0.3) is 0 Å². The van der Waals surface area contributed by atoms with Crippen LogP contribution in [0.2, 0.25) is 0 Å². The van der Waals surface area contributed by atoms with Gasteiger partial charge in [0, 0.05) is 12.7 Å². The molecule has 0 saturated carbocycles. The lowest BCUT2D eigenvalue weighted by atomic mass is 9.87. The highest BCUT2D eigenvalue weighted by Crippen LogP contribution is 2.25. The molecule has 3 nitrogen and oxygen atoms in total. The van der Waals surface area contributed by atoms with Gasteiger partial charge >= 0.3 is 5.97 Å². The summed E-state index contributed by atoms with van der Waals surface area (Å²) in [6.45, 7) is 8.16. The van der Waals surface area contributed by atoms with Crippen molar-refractivity contribution in [2.45, 2.75) is 39.2 Å². The van der Waals surface area contributed by atoms with Crippen LogP contribution in [0.1, 0.15) is 33.3 Å². The van der Waals surface area contributed by atoms with Crippen molar-refractivity contribution in [3.63, 3.8) is 0 Å². The predicted octanol–water partition coefficient (Wildman–Crippen LogP) is 2.89. The molecule has 1 rings (SSSR count). The van der Waals surface area contributed by atoms with E-state index >= 15 is 0 Å². The van der Waals surface area contributed by atoms with Crippen molar-refractivity contribution in [1.29, 1.82) is 0 Å². The lowest BCUT2D eigenvalue weighted by molar-refractivity contribution is -0.138. The van der Waals surface area contributed by atoms with E-state index in [4.69, 9.17) is 5.11 Å². The lowest BCUT2D eigenvalue weighted by Crippen LogP contribution is -2.35. The monoisotopic (exact) mass is 235 g/mol. The fraction of sp³-hybridized carbons (Fsp3) is 0.500. The number of nitrogens with zero attached hydrogens (tertiary/aromatic N) is 1. The normalized spacial score (nSPS) is 13.2. The third-order valence-corrected chi connectivity index (χ3v) is 3.08. The molecule has 3 heteroatoms. The van der Waals surface area contributed by atoms with Gasteiger partial charge in [-0.3, -0.25) is 0 Å². The Morgan fingerprint density at radius 1 is 1.24 bits per heavy atom. The number of aliphatic carboxylic acids is 1. The van der Waals surface area contributed by atoms with Crippen molar-refractivity contribution in [2.75, 3.05) is 11.9 Å². The van der Waals surface area contributed by atoms with Crippen LogP contribution in [-0.4, -0.2) is 24.2 Å². The van der Waals surface area contributed by atoms with Gasteiger partial charge < -0.3 is 10.0 Å². The SMILES string of the molecule is CC(C(=O)O)N(C)c1ccc(C(C)(C)C)cc1. The van der Waals surface area contributed by atoms with E-state index in [9.17, 15) is 4.79 Å². The van der Waals surface area contributed by atoms with Crippen molar-refractivity contribution in [2.24, 2.45) is 0 Å². The quantitative estimate of drug-likeness (QED) is 0.875. The van der Waals surface area contributed by atoms with Crippen molar-refractivity contribution in [1.82, 2.24) is 0 Å². The van der Waals surface area contributed by atoms with Crippen molar-refractivity contribution in [3.8, 4) is 0 Å². The molecule has 0 amide bonds. The molecule has 0 bridgehead atoms. The number of carboxylic acid groups (broad SMARTS) is 1. The zero-order valence-electron chi connectivity index (χ0n) is 11.2. The van der Waals surface area contributed by atoms with Gasteiger partial charge in [0.15, 0.2) is 0 Å². The summed E-state index contributed by atoms with van der Waals surface area (Å²) >= 11 is 0. The second kappa shape index (κ2) is 4.78. The van der Waals surface area contributed by atoms with Crippen LogP contribution in [0.4, 0.5) is 5.69 Å². The Balaban J connectivity index is 2.92. The van der Waals surface area contributed by atoms with Crippen LogP contribution in [0, 0.1) is 0 Å². The number of anilines is 1. The largest absolute Gasteiger partial charge is 0.480 e. The molecule has 0 aliphatic rings. The van der Waals surface area contributed by atoms with E-state index in [0.29, 0.717) is 0 Å². The number of hydrogen-bond donors (Lipinski definition) is 1. The number of benzene rings is 1. The van der Waals surface area contributed by atoms with Gasteiger partial charge in [0.05, 0.1) is 0 Å². The van der Waals surface area contributed by atoms with Crippen LogP contribution in [0.3, 0.4) is 0 Å². The van der Waals surface area contributed by atoms with Crippen molar-refractivity contribution in [3.05, 3.63) is 29.8 Å². The molecule has 94 valence electrons. The highest BCUT2D eigenvalue weighted by Gasteiger charge is 2.18. The van der Waals surface area contributed by atoms with E-state index in [0.717, 1.165) is 5.69 Å². The van der Waals surface area contributed by atoms with Crippen LogP contribution in [-0.2, 0) is 10.2 Å². The van der Waals surface area contributed by atoms with Gasteiger partial charge in [0.2, 0.25) is 0 Å². The summed E-state index contributed by atoms with van der Waals surface area (Å²) in [5.41, 5.74) is 2.29. The molecule has 0 aliphatic carbocycles. The fourth-order valence-electron chi connectivity index (χ4n) is 1.59. The number of carboxylic acids is 1. The summed E-state index contributed by atoms with van der Waals surface area (Å²) in [6.07, 6.45) is 0. The first kappa shape index (κ1) is 13.6. The van der Waals surface area contributed by atoms with E-state index < -0.39 is 12.0 Å². The minimum Gasteiger partial charge on any atom is -0.480 e. The minimum absolute atomic E-state index is 0.121. The molecule has 1 aromatic rings. The standard InChI is InChI=1S/C14H21NO2/c1-10(13(16)17)15(5)12-8-6-11(7-9-12)14(2,3)4/h6-10H,1-5H3,(H,16,17). The van der Waals surface area contributed by atoms with Crippen LogP contribution < -0.4 is 4.90 Å². The Hall–Kier alpha value is -1.51. The number of hydrogen-bond acceptors (Lipinski definition) is 2. The molecular weight excluding hydrogens is 214 g/mol. The molecule has 0 aromatic heterocycles. The maximum Gasteiger partial charge on any atom is 0.326 e. The minimum atomic E-state index is -0.813. The van der Waals surface area contributed by atoms with E-state index in [1.165, 1.54) is 5.56 Å². The topological polar surface area (TPSA) is 40.5 Å². The number of carbonyl (C=O) groups is 1. The average molecular weight is 235 g/mol. The summed E-state index contributed by atoms with van der Waals surface area (Å²) in [6, 6.07) is 7.54. The smallest absolute Gasteiger partial charge is 0.326 e. The van der Waals surface area contributed by atoms with Gasteiger partial charge in [-0.2, -0.15) is 0 Å². The van der Waals surface area contributed by atoms with Crippen LogP contribution in [0.5, 0.6) is 0 Å². The fourth-order valence-corrected chi connectivity index (χ4v) is 1.59. The zero-order valence-corrected chi connectivity index (χ0v) is 11.2. The van der Waals surface area contributed by atoms with Crippen LogP contribution >= 0.6 is 0 Å². The van der Waals surface area contributed by atoms with Crippen molar-refractivity contribution >= 4 is 11.7 Å². The molecule has 0 saturated heterocycles. The Morgan fingerprint density at radius 2 is 1.71 bits per heavy atom. The molecular formula is C14H21NO2. The van der Waals surface area contributed by atoms with E-state index in [2.05, 4.69) is 32.9 Å². The molecule has 0 aliphatic heterocycles. The maximum atomic E-state index is 10.9. The molecule has 1 aromatic carbocycles. The molecule has 0 fully saturated rings. The van der Waals surface area contributed by atoms with Crippen LogP contribution in [0.25, 0.3) is 0 Å². The Labute approximate surface area is 103 Å². The number of rotatable bonds is 3. The lowest BCUT2D eigenvalue weighted by Gasteiger charge is -2.25. The summed E-state index contributed by atoms with van der Waals surface area (Å²) in [4.78, 5) is 12.7. The molecule has 1 unspecified atom stereocenters. The van der Waals surface area contributed by atoms with E-state index in [1.54, 1.807) is 18.9 Å². The van der Waals surface area contributed by atoms with E-state index in [-0.39, 0.29) is 5.41 Å². The Bertz CT molecular complexity index is 390. The second-order valence-corrected chi connectivity index (χ2v) is 5.42. The average Bonchev–Trinajstić information content (AvgIpc) is 2.26. The molecule has 1 atom stereocenters. The maximum absolute atomic E-state index is 10.9. The molecule has 0 heterocycles. The third-order valence-electron chi connectivity index (χ3n) is 3.08. The Kier molecular flexibility index (Phi) is 3.81. The van der Waals surface area contributed by atoms with Gasteiger partial charge in [-0.15, -0.1) is 0 Å². The summed E-state index contributed by atoms with van der Waals surface area (Å²) in [5.74, 6) is -0.813. The van der Waals surface area contributed by atoms with Gasteiger partial charge in [-0.25, -0.2) is 4.79 Å². The van der Waals surface area contributed by atoms with Crippen LogP contribution in [0.15, 0.2) is 24.3 Å².